The third-order valence-electron chi connectivity index (χ3n) is 4.70. The molecule has 2 fully saturated rings. The van der Waals surface area contributed by atoms with Gasteiger partial charge < -0.3 is 15.5 Å². The molecule has 2 N–H and O–H groups in total. The zero-order valence-corrected chi connectivity index (χ0v) is 18.5. The van der Waals surface area contributed by atoms with E-state index in [0.717, 1.165) is 19.0 Å². The van der Waals surface area contributed by atoms with Gasteiger partial charge in [-0.15, -0.1) is 24.0 Å². The van der Waals surface area contributed by atoms with Gasteiger partial charge in [-0.05, 0) is 70.8 Å². The molecule has 0 saturated carbocycles. The van der Waals surface area contributed by atoms with E-state index in [-0.39, 0.29) is 24.0 Å². The number of unbranched alkanes of at least 4 members (excludes halogenated alkanes) is 2. The standard InChI is InChI=1S/C18H36N4S.HI/c1-2-19-18(21-17-10-9-15-23-16-17)20-11-5-3-6-12-22-13-7-4-8-14-22;/h17H,2-16H2,1H3,(H2,19,20,21);1H. The molecule has 1 atom stereocenters. The minimum Gasteiger partial charge on any atom is -0.357 e. The minimum absolute atomic E-state index is 0. The molecule has 0 aromatic heterocycles. The molecule has 0 aliphatic carbocycles. The van der Waals surface area contributed by atoms with Crippen molar-refractivity contribution >= 4 is 41.7 Å². The molecule has 2 aliphatic rings. The van der Waals surface area contributed by atoms with E-state index >= 15 is 0 Å². The summed E-state index contributed by atoms with van der Waals surface area (Å²) in [7, 11) is 0. The van der Waals surface area contributed by atoms with Crippen LogP contribution in [-0.2, 0) is 0 Å². The number of guanidine groups is 1. The summed E-state index contributed by atoms with van der Waals surface area (Å²) in [5, 5.41) is 7.00. The third kappa shape index (κ3) is 9.70. The van der Waals surface area contributed by atoms with Gasteiger partial charge in [-0.25, -0.2) is 0 Å². The van der Waals surface area contributed by atoms with Crippen molar-refractivity contribution in [3.05, 3.63) is 0 Å². The van der Waals surface area contributed by atoms with Crippen LogP contribution in [0.15, 0.2) is 4.99 Å². The van der Waals surface area contributed by atoms with Crippen LogP contribution in [-0.4, -0.2) is 61.1 Å². The number of aliphatic imine (C=N–C) groups is 1. The summed E-state index contributed by atoms with van der Waals surface area (Å²) in [5.41, 5.74) is 0. The van der Waals surface area contributed by atoms with Gasteiger partial charge in [0.2, 0.25) is 0 Å². The average Bonchev–Trinajstić information content (AvgIpc) is 2.60. The lowest BCUT2D eigenvalue weighted by molar-refractivity contribution is 0.224. The molecule has 6 heteroatoms. The van der Waals surface area contributed by atoms with Gasteiger partial charge in [0.15, 0.2) is 5.96 Å². The van der Waals surface area contributed by atoms with Crippen LogP contribution in [0, 0.1) is 0 Å². The third-order valence-corrected chi connectivity index (χ3v) is 5.91. The first-order valence-electron chi connectivity index (χ1n) is 9.73. The predicted octanol–water partition coefficient (Wildman–Crippen LogP) is 3.71. The normalized spacial score (nSPS) is 22.7. The highest BCUT2D eigenvalue weighted by molar-refractivity contribution is 14.0. The first kappa shape index (κ1) is 22.4. The van der Waals surface area contributed by atoms with Gasteiger partial charge in [-0.1, -0.05) is 12.8 Å². The van der Waals surface area contributed by atoms with Crippen LogP contribution in [0.1, 0.15) is 58.3 Å². The van der Waals surface area contributed by atoms with E-state index in [1.165, 1.54) is 82.5 Å². The molecule has 0 aromatic carbocycles. The Hall–Kier alpha value is 0.310. The van der Waals surface area contributed by atoms with Crippen molar-refractivity contribution in [2.75, 3.05) is 44.2 Å². The SMILES string of the molecule is CCNC(=NCCCCCN1CCCCC1)NC1CCCSC1.I. The molecular formula is C18H37IN4S. The monoisotopic (exact) mass is 468 g/mol. The van der Waals surface area contributed by atoms with E-state index in [1.54, 1.807) is 0 Å². The topological polar surface area (TPSA) is 39.7 Å². The molecule has 2 saturated heterocycles. The summed E-state index contributed by atoms with van der Waals surface area (Å²) in [6.07, 6.45) is 10.7. The largest absolute Gasteiger partial charge is 0.357 e. The van der Waals surface area contributed by atoms with E-state index in [4.69, 9.17) is 4.99 Å². The molecule has 24 heavy (non-hydrogen) atoms. The highest BCUT2D eigenvalue weighted by atomic mass is 127. The summed E-state index contributed by atoms with van der Waals surface area (Å²) in [4.78, 5) is 7.40. The van der Waals surface area contributed by atoms with Crippen molar-refractivity contribution < 1.29 is 0 Å². The molecule has 0 spiro atoms. The van der Waals surface area contributed by atoms with Gasteiger partial charge in [-0.3, -0.25) is 4.99 Å². The van der Waals surface area contributed by atoms with Crippen LogP contribution < -0.4 is 10.6 Å². The molecule has 142 valence electrons. The van der Waals surface area contributed by atoms with Crippen LogP contribution >= 0.6 is 35.7 Å². The van der Waals surface area contributed by atoms with E-state index in [1.807, 2.05) is 0 Å². The Kier molecular flexibility index (Phi) is 13.5. The Morgan fingerprint density at radius 3 is 2.67 bits per heavy atom. The van der Waals surface area contributed by atoms with E-state index in [0.29, 0.717) is 6.04 Å². The molecule has 1 unspecified atom stereocenters. The Bertz CT molecular complexity index is 329. The summed E-state index contributed by atoms with van der Waals surface area (Å²) >= 11 is 2.06. The Morgan fingerprint density at radius 2 is 1.96 bits per heavy atom. The zero-order chi connectivity index (χ0) is 16.2. The molecule has 0 bridgehead atoms. The number of thioether (sulfide) groups is 1. The van der Waals surface area contributed by atoms with Gasteiger partial charge in [0.1, 0.15) is 0 Å². The minimum atomic E-state index is 0. The molecule has 0 aromatic rings. The molecule has 0 amide bonds. The summed E-state index contributed by atoms with van der Waals surface area (Å²) < 4.78 is 0. The van der Waals surface area contributed by atoms with Gasteiger partial charge in [0, 0.05) is 24.9 Å². The fourth-order valence-electron chi connectivity index (χ4n) is 3.37. The highest BCUT2D eigenvalue weighted by Gasteiger charge is 2.14. The number of rotatable bonds is 8. The lowest BCUT2D eigenvalue weighted by Gasteiger charge is -2.26. The number of nitrogens with zero attached hydrogens (tertiary/aromatic N) is 2. The maximum absolute atomic E-state index is 4.76. The van der Waals surface area contributed by atoms with Gasteiger partial charge >= 0.3 is 0 Å². The van der Waals surface area contributed by atoms with Crippen LogP contribution in [0.2, 0.25) is 0 Å². The van der Waals surface area contributed by atoms with Crippen molar-refractivity contribution in [2.45, 2.75) is 64.3 Å². The van der Waals surface area contributed by atoms with Crippen molar-refractivity contribution in [1.82, 2.24) is 15.5 Å². The number of likely N-dealkylation sites (tertiary alicyclic amines) is 1. The Labute approximate surface area is 170 Å². The quantitative estimate of drug-likeness (QED) is 0.247. The maximum atomic E-state index is 4.76. The summed E-state index contributed by atoms with van der Waals surface area (Å²) in [5.74, 6) is 3.57. The van der Waals surface area contributed by atoms with E-state index < -0.39 is 0 Å². The number of halogens is 1. The second-order valence-electron chi connectivity index (χ2n) is 6.78. The summed E-state index contributed by atoms with van der Waals surface area (Å²) in [6.45, 7) is 7.99. The summed E-state index contributed by atoms with van der Waals surface area (Å²) in [6, 6.07) is 0.602. The lowest BCUT2D eigenvalue weighted by atomic mass is 10.1. The first-order valence-corrected chi connectivity index (χ1v) is 10.9. The van der Waals surface area contributed by atoms with Gasteiger partial charge in [0.25, 0.3) is 0 Å². The number of piperidine rings is 1. The molecule has 2 aliphatic heterocycles. The second-order valence-corrected chi connectivity index (χ2v) is 7.93. The molecule has 0 radical (unpaired) electrons. The maximum Gasteiger partial charge on any atom is 0.191 e. The smallest absolute Gasteiger partial charge is 0.191 e. The van der Waals surface area contributed by atoms with Crippen molar-refractivity contribution in [2.24, 2.45) is 4.99 Å². The van der Waals surface area contributed by atoms with Gasteiger partial charge in [-0.2, -0.15) is 11.8 Å². The molecule has 2 rings (SSSR count). The fourth-order valence-corrected chi connectivity index (χ4v) is 4.44. The van der Waals surface area contributed by atoms with Crippen LogP contribution in [0.4, 0.5) is 0 Å². The predicted molar refractivity (Wildman–Crippen MR) is 119 cm³/mol. The van der Waals surface area contributed by atoms with Crippen LogP contribution in [0.5, 0.6) is 0 Å². The van der Waals surface area contributed by atoms with Crippen LogP contribution in [0.3, 0.4) is 0 Å². The molecule has 2 heterocycles. The number of nitrogens with one attached hydrogen (secondary N) is 2. The van der Waals surface area contributed by atoms with Gasteiger partial charge in [0.05, 0.1) is 0 Å². The van der Waals surface area contributed by atoms with E-state index in [9.17, 15) is 0 Å². The van der Waals surface area contributed by atoms with Crippen molar-refractivity contribution in [3.8, 4) is 0 Å². The average molecular weight is 468 g/mol. The number of hydrogen-bond donors (Lipinski definition) is 2. The second kappa shape index (κ2) is 14.5. The Morgan fingerprint density at radius 1 is 1.12 bits per heavy atom. The lowest BCUT2D eigenvalue weighted by Crippen LogP contribution is -2.45. The number of hydrogen-bond acceptors (Lipinski definition) is 3. The molecule has 4 nitrogen and oxygen atoms in total. The van der Waals surface area contributed by atoms with Crippen LogP contribution in [0.25, 0.3) is 0 Å². The molecular weight excluding hydrogens is 431 g/mol. The highest BCUT2D eigenvalue weighted by Crippen LogP contribution is 2.16. The first-order chi connectivity index (χ1) is 11.4. The zero-order valence-electron chi connectivity index (χ0n) is 15.4. The Balaban J connectivity index is 0.00000288. The van der Waals surface area contributed by atoms with Crippen molar-refractivity contribution in [1.29, 1.82) is 0 Å². The van der Waals surface area contributed by atoms with E-state index in [2.05, 4.69) is 34.2 Å². The fraction of sp³-hybridized carbons (Fsp3) is 0.944. The van der Waals surface area contributed by atoms with Crippen molar-refractivity contribution in [3.63, 3.8) is 0 Å².